The molecule has 0 atom stereocenters. The fourth-order valence-corrected chi connectivity index (χ4v) is 3.19. The molecular weight excluding hydrogens is 448 g/mol. The van der Waals surface area contributed by atoms with Gasteiger partial charge in [0.05, 0.1) is 12.8 Å². The van der Waals surface area contributed by atoms with Crippen LogP contribution < -0.4 is 15.6 Å². The van der Waals surface area contributed by atoms with Gasteiger partial charge in [0.25, 0.3) is 5.91 Å². The molecule has 0 saturated carbocycles. The van der Waals surface area contributed by atoms with Gasteiger partial charge in [-0.15, -0.1) is 0 Å². The van der Waals surface area contributed by atoms with Crippen molar-refractivity contribution < 1.29 is 4.79 Å². The monoisotopic (exact) mass is 466 g/mol. The van der Waals surface area contributed by atoms with Gasteiger partial charge in [-0.3, -0.25) is 4.79 Å². The molecule has 2 N–H and O–H groups in total. The summed E-state index contributed by atoms with van der Waals surface area (Å²) >= 11 is 6.98. The van der Waals surface area contributed by atoms with E-state index in [4.69, 9.17) is 0 Å². The van der Waals surface area contributed by atoms with Gasteiger partial charge in [-0.05, 0) is 42.3 Å². The minimum atomic E-state index is -0.214. The van der Waals surface area contributed by atoms with Crippen LogP contribution in [0.3, 0.4) is 0 Å². The van der Waals surface area contributed by atoms with Crippen molar-refractivity contribution in [2.45, 2.75) is 6.92 Å². The summed E-state index contributed by atoms with van der Waals surface area (Å²) in [5, 5.41) is 7.05. The van der Waals surface area contributed by atoms with E-state index in [1.807, 2.05) is 62.3 Å². The molecular formula is C18H20Br2N4O. The Kier molecular flexibility index (Phi) is 7.01. The summed E-state index contributed by atoms with van der Waals surface area (Å²) in [6, 6.07) is 11.8. The molecule has 2 aromatic rings. The lowest BCUT2D eigenvalue weighted by Crippen LogP contribution is -2.25. The second kappa shape index (κ2) is 9.01. The van der Waals surface area contributed by atoms with E-state index in [0.717, 1.165) is 31.4 Å². The number of halogens is 2. The number of hydrogen-bond acceptors (Lipinski definition) is 4. The second-order valence-electron chi connectivity index (χ2n) is 5.70. The van der Waals surface area contributed by atoms with Gasteiger partial charge in [0, 0.05) is 34.4 Å². The molecule has 0 fully saturated rings. The normalized spacial score (nSPS) is 10.8. The number of carbonyl (C=O) groups excluding carboxylic acids is 1. The molecule has 0 spiro atoms. The van der Waals surface area contributed by atoms with Gasteiger partial charge in [0.15, 0.2) is 0 Å². The van der Waals surface area contributed by atoms with Gasteiger partial charge < -0.3 is 10.2 Å². The molecule has 2 aromatic carbocycles. The van der Waals surface area contributed by atoms with Crippen LogP contribution in [0.5, 0.6) is 0 Å². The van der Waals surface area contributed by atoms with Crippen molar-refractivity contribution >= 4 is 55.4 Å². The Balaban J connectivity index is 1.84. The molecule has 25 heavy (non-hydrogen) atoms. The summed E-state index contributed by atoms with van der Waals surface area (Å²) in [7, 11) is 3.98. The lowest BCUT2D eigenvalue weighted by molar-refractivity contribution is -0.119. The van der Waals surface area contributed by atoms with E-state index < -0.39 is 0 Å². The van der Waals surface area contributed by atoms with Crippen LogP contribution in [0, 0.1) is 6.92 Å². The summed E-state index contributed by atoms with van der Waals surface area (Å²) in [5.74, 6) is -0.214. The van der Waals surface area contributed by atoms with Crippen molar-refractivity contribution in [3.8, 4) is 0 Å². The lowest BCUT2D eigenvalue weighted by atomic mass is 10.2. The van der Waals surface area contributed by atoms with Crippen molar-refractivity contribution in [2.75, 3.05) is 30.9 Å². The van der Waals surface area contributed by atoms with Crippen LogP contribution in [-0.2, 0) is 4.79 Å². The third kappa shape index (κ3) is 5.86. The smallest absolute Gasteiger partial charge is 0.259 e. The molecule has 5 nitrogen and oxygen atoms in total. The van der Waals surface area contributed by atoms with Crippen molar-refractivity contribution in [3.63, 3.8) is 0 Å². The van der Waals surface area contributed by atoms with E-state index in [0.29, 0.717) is 0 Å². The first-order valence-electron chi connectivity index (χ1n) is 7.65. The minimum Gasteiger partial charge on any atom is -0.378 e. The Hall–Kier alpha value is -1.86. The standard InChI is InChI=1S/C18H20Br2N4O/c1-12-16(19)8-14(9-17(12)20)21-11-18(25)23-22-10-13-4-6-15(7-5-13)24(2)3/h4-10,21H,11H2,1-3H3,(H,23,25). The van der Waals surface area contributed by atoms with E-state index in [1.165, 1.54) is 0 Å². The summed E-state index contributed by atoms with van der Waals surface area (Å²) in [5.41, 5.74) is 6.51. The molecule has 0 radical (unpaired) electrons. The quantitative estimate of drug-likeness (QED) is 0.495. The lowest BCUT2D eigenvalue weighted by Gasteiger charge is -2.11. The Labute approximate surface area is 164 Å². The number of nitrogens with one attached hydrogen (secondary N) is 2. The molecule has 0 heterocycles. The molecule has 7 heteroatoms. The zero-order valence-electron chi connectivity index (χ0n) is 14.3. The van der Waals surface area contributed by atoms with Crippen molar-refractivity contribution in [1.82, 2.24) is 5.43 Å². The Morgan fingerprint density at radius 2 is 1.76 bits per heavy atom. The highest BCUT2D eigenvalue weighted by Gasteiger charge is 2.05. The fraction of sp³-hybridized carbons (Fsp3) is 0.222. The summed E-state index contributed by atoms with van der Waals surface area (Å²) in [4.78, 5) is 13.9. The SMILES string of the molecule is Cc1c(Br)cc(NCC(=O)NN=Cc2ccc(N(C)C)cc2)cc1Br. The molecule has 0 saturated heterocycles. The summed E-state index contributed by atoms with van der Waals surface area (Å²) < 4.78 is 1.95. The van der Waals surface area contributed by atoms with Crippen molar-refractivity contribution in [1.29, 1.82) is 0 Å². The highest BCUT2D eigenvalue weighted by Crippen LogP contribution is 2.28. The molecule has 0 aromatic heterocycles. The number of amides is 1. The molecule has 2 rings (SSSR count). The largest absolute Gasteiger partial charge is 0.378 e. The third-order valence-electron chi connectivity index (χ3n) is 3.55. The van der Waals surface area contributed by atoms with Crippen LogP contribution in [0.4, 0.5) is 11.4 Å². The fourth-order valence-electron chi connectivity index (χ4n) is 2.01. The summed E-state index contributed by atoms with van der Waals surface area (Å²) in [6.45, 7) is 2.14. The maximum Gasteiger partial charge on any atom is 0.259 e. The maximum absolute atomic E-state index is 11.9. The van der Waals surface area contributed by atoms with E-state index in [2.05, 4.69) is 47.7 Å². The first-order valence-corrected chi connectivity index (χ1v) is 9.24. The minimum absolute atomic E-state index is 0.138. The van der Waals surface area contributed by atoms with E-state index in [9.17, 15) is 4.79 Å². The zero-order valence-corrected chi connectivity index (χ0v) is 17.5. The van der Waals surface area contributed by atoms with Gasteiger partial charge in [-0.25, -0.2) is 5.43 Å². The van der Waals surface area contributed by atoms with Crippen LogP contribution in [-0.4, -0.2) is 32.8 Å². The van der Waals surface area contributed by atoms with Crippen molar-refractivity contribution in [2.24, 2.45) is 5.10 Å². The van der Waals surface area contributed by atoms with Crippen LogP contribution >= 0.6 is 31.9 Å². The number of anilines is 2. The van der Waals surface area contributed by atoms with E-state index in [-0.39, 0.29) is 12.5 Å². The summed E-state index contributed by atoms with van der Waals surface area (Å²) in [6.07, 6.45) is 1.62. The average Bonchev–Trinajstić information content (AvgIpc) is 2.58. The maximum atomic E-state index is 11.9. The predicted molar refractivity (Wildman–Crippen MR) is 112 cm³/mol. The molecule has 0 aliphatic rings. The van der Waals surface area contributed by atoms with E-state index in [1.54, 1.807) is 6.21 Å². The number of hydrazone groups is 1. The molecule has 0 bridgehead atoms. The van der Waals surface area contributed by atoms with Crippen molar-refractivity contribution in [3.05, 3.63) is 56.5 Å². The Morgan fingerprint density at radius 3 is 2.32 bits per heavy atom. The highest BCUT2D eigenvalue weighted by atomic mass is 79.9. The molecule has 1 amide bonds. The van der Waals surface area contributed by atoms with Crippen LogP contribution in [0.1, 0.15) is 11.1 Å². The zero-order chi connectivity index (χ0) is 18.4. The number of carbonyl (C=O) groups is 1. The average molecular weight is 468 g/mol. The topological polar surface area (TPSA) is 56.7 Å². The van der Waals surface area contributed by atoms with Gasteiger partial charge in [-0.2, -0.15) is 5.10 Å². The van der Waals surface area contributed by atoms with Gasteiger partial charge >= 0.3 is 0 Å². The van der Waals surface area contributed by atoms with E-state index >= 15 is 0 Å². The van der Waals surface area contributed by atoms with Crippen LogP contribution in [0.25, 0.3) is 0 Å². The number of rotatable bonds is 6. The molecule has 0 aliphatic heterocycles. The number of benzene rings is 2. The number of hydrogen-bond donors (Lipinski definition) is 2. The van der Waals surface area contributed by atoms with Crippen LogP contribution in [0.2, 0.25) is 0 Å². The van der Waals surface area contributed by atoms with Gasteiger partial charge in [-0.1, -0.05) is 44.0 Å². The highest BCUT2D eigenvalue weighted by molar-refractivity contribution is 9.11. The number of nitrogens with zero attached hydrogens (tertiary/aromatic N) is 2. The second-order valence-corrected chi connectivity index (χ2v) is 7.41. The molecule has 0 aliphatic carbocycles. The first-order chi connectivity index (χ1) is 11.9. The molecule has 0 unspecified atom stereocenters. The van der Waals surface area contributed by atoms with Crippen LogP contribution in [0.15, 0.2) is 50.4 Å². The Bertz CT molecular complexity index is 750. The van der Waals surface area contributed by atoms with Gasteiger partial charge in [0.1, 0.15) is 0 Å². The van der Waals surface area contributed by atoms with Gasteiger partial charge in [0.2, 0.25) is 0 Å². The predicted octanol–water partition coefficient (Wildman–Crippen LogP) is 4.15. The third-order valence-corrected chi connectivity index (χ3v) is 5.19. The Morgan fingerprint density at radius 1 is 1.16 bits per heavy atom. The first kappa shape index (κ1) is 19.5. The molecule has 132 valence electrons.